The number of carbonyl (C=O) groups excluding carboxylic acids is 1. The Morgan fingerprint density at radius 1 is 0.882 bits per heavy atom. The number of anilines is 1. The molecule has 1 fully saturated rings. The van der Waals surface area contributed by atoms with Crippen molar-refractivity contribution in [1.82, 2.24) is 4.98 Å². The number of amides is 1. The van der Waals surface area contributed by atoms with Gasteiger partial charge in [0.15, 0.2) is 5.56 Å². The maximum absolute atomic E-state index is 13.7. The molecule has 266 valence electrons. The number of rotatable bonds is 14. The van der Waals surface area contributed by atoms with Gasteiger partial charge in [0.2, 0.25) is 11.8 Å². The average Bonchev–Trinajstić information content (AvgIpc) is 3.60. The third-order valence-corrected chi connectivity index (χ3v) is 10.5. The fraction of sp³-hybridized carbons (Fsp3) is 0.243. The summed E-state index contributed by atoms with van der Waals surface area (Å²) in [4.78, 5) is 29.0. The highest BCUT2D eigenvalue weighted by Crippen LogP contribution is 2.43. The summed E-state index contributed by atoms with van der Waals surface area (Å²) in [5.41, 5.74) is 1.90. The number of aliphatic hydroxyl groups excluding tert-OH is 3. The maximum Gasteiger partial charge on any atom is 0.307 e. The second kappa shape index (κ2) is 16.2. The van der Waals surface area contributed by atoms with Gasteiger partial charge in [-0.2, -0.15) is 0 Å². The fourth-order valence-electron chi connectivity index (χ4n) is 5.67. The van der Waals surface area contributed by atoms with Crippen LogP contribution in [0.1, 0.15) is 39.3 Å². The van der Waals surface area contributed by atoms with Gasteiger partial charge in [0.25, 0.3) is 0 Å². The molecule has 4 aromatic carbocycles. The van der Waals surface area contributed by atoms with Gasteiger partial charge >= 0.3 is 4.87 Å². The normalized spacial score (nSPS) is 17.0. The molecule has 1 amide bonds. The zero-order chi connectivity index (χ0) is 36.1. The fourth-order valence-corrected chi connectivity index (χ4v) is 7.78. The molecular weight excluding hydrogens is 716 g/mol. The van der Waals surface area contributed by atoms with Crippen molar-refractivity contribution in [2.24, 2.45) is 0 Å². The number of nitrogens with zero attached hydrogens (tertiary/aromatic N) is 1. The van der Waals surface area contributed by atoms with E-state index in [9.17, 15) is 30.0 Å². The number of hydrogen-bond donors (Lipinski definition) is 5. The van der Waals surface area contributed by atoms with E-state index in [0.717, 1.165) is 34.2 Å². The highest BCUT2D eigenvalue weighted by molar-refractivity contribution is 8.01. The van der Waals surface area contributed by atoms with Crippen molar-refractivity contribution < 1.29 is 39.4 Å². The quantitative estimate of drug-likeness (QED) is 0.0969. The summed E-state index contributed by atoms with van der Waals surface area (Å²) in [6.07, 6.45) is -1.24. The van der Waals surface area contributed by atoms with E-state index in [0.29, 0.717) is 51.1 Å². The van der Waals surface area contributed by atoms with E-state index < -0.39 is 23.0 Å². The predicted octanol–water partition coefficient (Wildman–Crippen LogP) is 5.59. The molecule has 11 nitrogen and oxygen atoms in total. The van der Waals surface area contributed by atoms with Crippen LogP contribution in [-0.2, 0) is 17.6 Å². The Hall–Kier alpha value is -4.50. The second-order valence-electron chi connectivity index (χ2n) is 11.7. The van der Waals surface area contributed by atoms with E-state index >= 15 is 0 Å². The molecule has 4 atom stereocenters. The van der Waals surface area contributed by atoms with Crippen LogP contribution < -0.4 is 24.0 Å². The molecule has 0 radical (unpaired) electrons. The lowest BCUT2D eigenvalue weighted by atomic mass is 10.1. The lowest BCUT2D eigenvalue weighted by Crippen LogP contribution is -2.35. The first-order chi connectivity index (χ1) is 24.6. The molecule has 0 saturated carbocycles. The molecule has 1 aliphatic heterocycles. The largest absolute Gasteiger partial charge is 0.494 e. The molecule has 1 saturated heterocycles. The average molecular weight is 751 g/mol. The standard InChI is InChI=1S/C37H35ClN2O9S2/c1-47-33-27(30(42)20-49-26-12-8-21(9-13-26)16-31-34(43)39-36(45)50-31)6-3-7-28(33)40-35(44)32(51-37(40)46)17-22-10-14-25(15-11-22)48-19-29(41)23-4-2-5-24(38)18-23/h2-15,18,29-30,32,37,41-43,46H,16-17,19-20H2,1H3,(H,39,45). The van der Waals surface area contributed by atoms with Crippen molar-refractivity contribution in [3.63, 3.8) is 0 Å². The molecule has 6 rings (SSSR count). The van der Waals surface area contributed by atoms with Crippen molar-refractivity contribution in [1.29, 1.82) is 0 Å². The van der Waals surface area contributed by atoms with Gasteiger partial charge in [0.05, 0.1) is 22.9 Å². The number of aromatic amines is 1. The summed E-state index contributed by atoms with van der Waals surface area (Å²) in [6.45, 7) is -0.0763. The number of aliphatic hydroxyl groups is 3. The number of aromatic nitrogens is 1. The third-order valence-electron chi connectivity index (χ3n) is 8.25. The Morgan fingerprint density at radius 3 is 2.16 bits per heavy atom. The minimum absolute atomic E-state index is 0.0422. The number of benzene rings is 4. The van der Waals surface area contributed by atoms with Crippen molar-refractivity contribution in [2.45, 2.75) is 35.9 Å². The van der Waals surface area contributed by atoms with Crippen LogP contribution in [0.3, 0.4) is 0 Å². The second-order valence-corrected chi connectivity index (χ2v) is 14.5. The van der Waals surface area contributed by atoms with Crippen molar-refractivity contribution in [3.05, 3.63) is 133 Å². The molecule has 1 aromatic heterocycles. The first-order valence-corrected chi connectivity index (χ1v) is 18.0. The summed E-state index contributed by atoms with van der Waals surface area (Å²) in [6, 6.07) is 26.2. The van der Waals surface area contributed by atoms with Crippen LogP contribution in [0.4, 0.5) is 5.69 Å². The molecule has 5 N–H and O–H groups in total. The zero-order valence-electron chi connectivity index (χ0n) is 27.3. The summed E-state index contributed by atoms with van der Waals surface area (Å²) in [5, 5.41) is 42.4. The van der Waals surface area contributed by atoms with Gasteiger partial charge in [0, 0.05) is 17.0 Å². The number of nitrogens with one attached hydrogen (secondary N) is 1. The summed E-state index contributed by atoms with van der Waals surface area (Å²) in [7, 11) is 1.43. The van der Waals surface area contributed by atoms with E-state index in [1.165, 1.54) is 12.0 Å². The monoisotopic (exact) mass is 750 g/mol. The number of para-hydroxylation sites is 1. The van der Waals surface area contributed by atoms with Crippen LogP contribution in [0, 0.1) is 0 Å². The van der Waals surface area contributed by atoms with Gasteiger partial charge in [-0.15, -0.1) is 0 Å². The van der Waals surface area contributed by atoms with Crippen molar-refractivity contribution in [3.8, 4) is 23.1 Å². The minimum atomic E-state index is -1.18. The molecule has 0 spiro atoms. The summed E-state index contributed by atoms with van der Waals surface area (Å²) < 4.78 is 17.3. The molecule has 0 bridgehead atoms. The van der Waals surface area contributed by atoms with Gasteiger partial charge in [-0.25, -0.2) is 0 Å². The van der Waals surface area contributed by atoms with Crippen molar-refractivity contribution in [2.75, 3.05) is 25.2 Å². The van der Waals surface area contributed by atoms with Crippen LogP contribution in [0.25, 0.3) is 0 Å². The Morgan fingerprint density at radius 2 is 1.53 bits per heavy atom. The number of ether oxygens (including phenoxy) is 3. The van der Waals surface area contributed by atoms with Crippen LogP contribution >= 0.6 is 34.7 Å². The number of aromatic hydroxyl groups is 1. The lowest BCUT2D eigenvalue weighted by Gasteiger charge is -2.25. The van der Waals surface area contributed by atoms with Gasteiger partial charge in [0.1, 0.15) is 42.7 Å². The number of carbonyl (C=O) groups is 1. The first kappa shape index (κ1) is 36.3. The van der Waals surface area contributed by atoms with Gasteiger partial charge in [-0.3, -0.25) is 19.5 Å². The topological polar surface area (TPSA) is 162 Å². The highest BCUT2D eigenvalue weighted by atomic mass is 35.5. The van der Waals surface area contributed by atoms with Gasteiger partial charge in [-0.05, 0) is 65.6 Å². The number of halogens is 1. The van der Waals surface area contributed by atoms with E-state index in [2.05, 4.69) is 4.98 Å². The Balaban J connectivity index is 1.06. The van der Waals surface area contributed by atoms with Gasteiger partial charge in [-0.1, -0.05) is 83.2 Å². The summed E-state index contributed by atoms with van der Waals surface area (Å²) >= 11 is 8.08. The number of thiazole rings is 1. The zero-order valence-corrected chi connectivity index (χ0v) is 29.7. The smallest absolute Gasteiger partial charge is 0.307 e. The molecule has 0 aliphatic carbocycles. The van der Waals surface area contributed by atoms with Crippen LogP contribution in [0.2, 0.25) is 5.02 Å². The number of methoxy groups -OCH3 is 1. The molecule has 1 aliphatic rings. The SMILES string of the molecule is COc1c(C(O)COc2ccc(Cc3sc(=O)[nH]c3O)cc2)cccc1N1C(=O)C(Cc2ccc(OCC(O)c3cccc(Cl)c3)cc2)SC1O. The molecule has 51 heavy (non-hydrogen) atoms. The molecule has 5 aromatic rings. The van der Waals surface area contributed by atoms with E-state index in [1.807, 2.05) is 12.1 Å². The lowest BCUT2D eigenvalue weighted by molar-refractivity contribution is -0.118. The van der Waals surface area contributed by atoms with Crippen LogP contribution in [-0.4, -0.2) is 62.5 Å². The maximum atomic E-state index is 13.7. The Labute approximate surface area is 306 Å². The number of thioether (sulfide) groups is 1. The number of H-pyrrole nitrogens is 1. The summed E-state index contributed by atoms with van der Waals surface area (Å²) in [5.74, 6) is 0.854. The minimum Gasteiger partial charge on any atom is -0.494 e. The molecule has 4 unspecified atom stereocenters. The molecule has 14 heteroatoms. The van der Waals surface area contributed by atoms with E-state index in [4.69, 9.17) is 25.8 Å². The molecule has 2 heterocycles. The van der Waals surface area contributed by atoms with E-state index in [1.54, 1.807) is 78.9 Å². The first-order valence-electron chi connectivity index (χ1n) is 15.9. The van der Waals surface area contributed by atoms with Crippen LogP contribution in [0.15, 0.2) is 95.8 Å². The Kier molecular flexibility index (Phi) is 11.6. The van der Waals surface area contributed by atoms with E-state index in [-0.39, 0.29) is 35.6 Å². The third kappa shape index (κ3) is 8.70. The van der Waals surface area contributed by atoms with Crippen molar-refractivity contribution >= 4 is 46.3 Å². The van der Waals surface area contributed by atoms with Gasteiger partial charge < -0.3 is 34.6 Å². The highest BCUT2D eigenvalue weighted by Gasteiger charge is 2.42. The number of hydrogen-bond acceptors (Lipinski definition) is 11. The van der Waals surface area contributed by atoms with Crippen LogP contribution in [0.5, 0.6) is 23.1 Å². The molecular formula is C37H35ClN2O9S2. The predicted molar refractivity (Wildman–Crippen MR) is 196 cm³/mol. The Bertz CT molecular complexity index is 2020.